The first-order chi connectivity index (χ1) is 14.2. The lowest BCUT2D eigenvalue weighted by Gasteiger charge is -2.23. The largest absolute Gasteiger partial charge is 0.355 e. The summed E-state index contributed by atoms with van der Waals surface area (Å²) in [6.07, 6.45) is 4.45. The highest BCUT2D eigenvalue weighted by molar-refractivity contribution is 7.92. The highest BCUT2D eigenvalue weighted by Crippen LogP contribution is 2.38. The van der Waals surface area contributed by atoms with Crippen LogP contribution in [0.4, 0.5) is 10.1 Å². The fourth-order valence-electron chi connectivity index (χ4n) is 4.02. The minimum absolute atomic E-state index is 0.124. The molecule has 2 aromatic heterocycles. The van der Waals surface area contributed by atoms with Crippen molar-refractivity contribution in [2.75, 3.05) is 24.2 Å². The van der Waals surface area contributed by atoms with Gasteiger partial charge in [0.2, 0.25) is 10.0 Å². The zero-order chi connectivity index (χ0) is 21.6. The van der Waals surface area contributed by atoms with Crippen molar-refractivity contribution in [3.63, 3.8) is 0 Å². The first-order valence-electron chi connectivity index (χ1n) is 9.72. The van der Waals surface area contributed by atoms with Crippen LogP contribution in [0.2, 0.25) is 0 Å². The zero-order valence-electron chi connectivity index (χ0n) is 17.0. The minimum Gasteiger partial charge on any atom is -0.355 e. The number of hydrogen-bond acceptors (Lipinski definition) is 4. The maximum absolute atomic E-state index is 13.4. The maximum atomic E-state index is 13.4. The molecule has 1 amide bonds. The Hall–Kier alpha value is -2.94. The minimum atomic E-state index is -3.46. The van der Waals surface area contributed by atoms with Crippen molar-refractivity contribution in [3.8, 4) is 11.3 Å². The first-order valence-corrected chi connectivity index (χ1v) is 11.6. The second-order valence-electron chi connectivity index (χ2n) is 7.63. The van der Waals surface area contributed by atoms with Gasteiger partial charge in [-0.1, -0.05) is 6.92 Å². The summed E-state index contributed by atoms with van der Waals surface area (Å²) in [5.74, 6) is -0.572. The number of benzene rings is 1. The van der Waals surface area contributed by atoms with Gasteiger partial charge in [0, 0.05) is 19.2 Å². The molecule has 0 radical (unpaired) electrons. The van der Waals surface area contributed by atoms with Gasteiger partial charge < -0.3 is 5.32 Å². The van der Waals surface area contributed by atoms with Crippen molar-refractivity contribution < 1.29 is 17.6 Å². The summed E-state index contributed by atoms with van der Waals surface area (Å²) in [6, 6.07) is 7.62. The predicted octanol–water partition coefficient (Wildman–Crippen LogP) is 3.16. The van der Waals surface area contributed by atoms with Crippen LogP contribution in [0.15, 0.2) is 36.5 Å². The molecule has 1 unspecified atom stereocenters. The number of fused-ring (bicyclic) bond motifs is 2. The quantitative estimate of drug-likeness (QED) is 0.692. The van der Waals surface area contributed by atoms with Gasteiger partial charge in [-0.25, -0.2) is 17.3 Å². The Morgan fingerprint density at radius 2 is 1.97 bits per heavy atom. The van der Waals surface area contributed by atoms with E-state index in [1.807, 2.05) is 6.07 Å². The summed E-state index contributed by atoms with van der Waals surface area (Å²) in [4.78, 5) is 12.7. The number of nitrogens with zero attached hydrogens (tertiary/aromatic N) is 3. The highest BCUT2D eigenvalue weighted by atomic mass is 32.2. The SMILES string of the molecule is CNC(=O)c1c(-c2ccc(F)cc2)nn2cc3c(cc12)C(C)CCCN3S(C)(=O)=O. The number of rotatable bonds is 3. The van der Waals surface area contributed by atoms with E-state index in [0.29, 0.717) is 34.6 Å². The zero-order valence-corrected chi connectivity index (χ0v) is 17.8. The van der Waals surface area contributed by atoms with E-state index < -0.39 is 10.0 Å². The van der Waals surface area contributed by atoms with Gasteiger partial charge in [-0.05, 0) is 54.7 Å². The molecule has 1 aliphatic heterocycles. The standard InChI is InChI=1S/C21H23FN4O3S/c1-13-5-4-10-26(30(3,28)29)18-12-25-17(11-16(13)18)19(21(27)23-2)20(24-25)14-6-8-15(22)9-7-14/h6-9,11-13H,4-5,10H2,1-3H3,(H,23,27). The Morgan fingerprint density at radius 1 is 1.27 bits per heavy atom. The molecule has 0 bridgehead atoms. The average molecular weight is 431 g/mol. The first kappa shape index (κ1) is 20.3. The van der Waals surface area contributed by atoms with E-state index in [1.165, 1.54) is 34.3 Å². The number of carbonyl (C=O) groups excluding carboxylic acids is 1. The summed E-state index contributed by atoms with van der Waals surface area (Å²) in [5.41, 5.74) is 3.40. The van der Waals surface area contributed by atoms with E-state index in [0.717, 1.165) is 18.4 Å². The second-order valence-corrected chi connectivity index (χ2v) is 9.54. The molecule has 9 heteroatoms. The fraction of sp³-hybridized carbons (Fsp3) is 0.333. The molecule has 3 aromatic rings. The average Bonchev–Trinajstić information content (AvgIpc) is 2.98. The molecule has 0 saturated carbocycles. The molecule has 30 heavy (non-hydrogen) atoms. The van der Waals surface area contributed by atoms with Crippen molar-refractivity contribution in [3.05, 3.63) is 53.5 Å². The molecule has 1 aromatic carbocycles. The van der Waals surface area contributed by atoms with Crippen molar-refractivity contribution in [2.24, 2.45) is 0 Å². The lowest BCUT2D eigenvalue weighted by Crippen LogP contribution is -2.31. The molecule has 0 saturated heterocycles. The number of halogens is 1. The maximum Gasteiger partial charge on any atom is 0.255 e. The molecular formula is C21H23FN4O3S. The third-order valence-electron chi connectivity index (χ3n) is 5.55. The number of anilines is 1. The monoisotopic (exact) mass is 430 g/mol. The number of sulfonamides is 1. The van der Waals surface area contributed by atoms with E-state index in [4.69, 9.17) is 0 Å². The van der Waals surface area contributed by atoms with Crippen LogP contribution in [0.3, 0.4) is 0 Å². The van der Waals surface area contributed by atoms with Gasteiger partial charge in [0.15, 0.2) is 0 Å². The van der Waals surface area contributed by atoms with Gasteiger partial charge in [-0.3, -0.25) is 9.10 Å². The van der Waals surface area contributed by atoms with Crippen LogP contribution in [0, 0.1) is 5.82 Å². The number of amides is 1. The van der Waals surface area contributed by atoms with Crippen LogP contribution < -0.4 is 9.62 Å². The van der Waals surface area contributed by atoms with Crippen LogP contribution in [-0.4, -0.2) is 43.8 Å². The molecule has 0 spiro atoms. The van der Waals surface area contributed by atoms with Gasteiger partial charge in [0.05, 0.1) is 29.2 Å². The number of carbonyl (C=O) groups is 1. The Bertz CT molecular complexity index is 1240. The van der Waals surface area contributed by atoms with E-state index in [-0.39, 0.29) is 17.6 Å². The van der Waals surface area contributed by atoms with E-state index in [1.54, 1.807) is 18.3 Å². The lowest BCUT2D eigenvalue weighted by molar-refractivity contribution is 0.0965. The summed E-state index contributed by atoms with van der Waals surface area (Å²) in [5, 5.41) is 7.22. The fourth-order valence-corrected chi connectivity index (χ4v) is 4.99. The van der Waals surface area contributed by atoms with Gasteiger partial charge in [-0.2, -0.15) is 5.10 Å². The van der Waals surface area contributed by atoms with Crippen molar-refractivity contribution >= 4 is 27.1 Å². The van der Waals surface area contributed by atoms with Crippen LogP contribution in [0.1, 0.15) is 41.6 Å². The molecule has 1 atom stereocenters. The summed E-state index contributed by atoms with van der Waals surface area (Å²) >= 11 is 0. The third-order valence-corrected chi connectivity index (χ3v) is 6.73. The molecule has 7 nitrogen and oxygen atoms in total. The Balaban J connectivity index is 2.03. The Morgan fingerprint density at radius 3 is 2.60 bits per heavy atom. The lowest BCUT2D eigenvalue weighted by atomic mass is 9.96. The third kappa shape index (κ3) is 3.43. The Kier molecular flexibility index (Phi) is 5.01. The normalized spacial score (nSPS) is 16.9. The van der Waals surface area contributed by atoms with Crippen molar-refractivity contribution in [1.82, 2.24) is 14.9 Å². The van der Waals surface area contributed by atoms with Gasteiger partial charge in [-0.15, -0.1) is 0 Å². The number of pyridine rings is 1. The number of hydrogen-bond donors (Lipinski definition) is 1. The molecule has 0 fully saturated rings. The van der Waals surface area contributed by atoms with Gasteiger partial charge in [0.25, 0.3) is 5.91 Å². The molecule has 4 rings (SSSR count). The summed E-state index contributed by atoms with van der Waals surface area (Å²) in [6.45, 7) is 2.45. The molecule has 1 N–H and O–H groups in total. The van der Waals surface area contributed by atoms with Crippen LogP contribution in [-0.2, 0) is 10.0 Å². The van der Waals surface area contributed by atoms with Crippen LogP contribution in [0.5, 0.6) is 0 Å². The van der Waals surface area contributed by atoms with E-state index in [9.17, 15) is 17.6 Å². The smallest absolute Gasteiger partial charge is 0.255 e. The number of nitrogens with one attached hydrogen (secondary N) is 1. The van der Waals surface area contributed by atoms with Gasteiger partial charge in [0.1, 0.15) is 11.5 Å². The Labute approximate surface area is 174 Å². The summed E-state index contributed by atoms with van der Waals surface area (Å²) < 4.78 is 41.2. The van der Waals surface area contributed by atoms with Crippen molar-refractivity contribution in [1.29, 1.82) is 0 Å². The molecule has 158 valence electrons. The van der Waals surface area contributed by atoms with Crippen molar-refractivity contribution in [2.45, 2.75) is 25.7 Å². The molecule has 0 aliphatic carbocycles. The van der Waals surface area contributed by atoms with Gasteiger partial charge >= 0.3 is 0 Å². The highest BCUT2D eigenvalue weighted by Gasteiger charge is 2.29. The van der Waals surface area contributed by atoms with E-state index >= 15 is 0 Å². The molecule has 1 aliphatic rings. The van der Waals surface area contributed by atoms with Crippen LogP contribution >= 0.6 is 0 Å². The topological polar surface area (TPSA) is 83.8 Å². The second kappa shape index (κ2) is 7.39. The predicted molar refractivity (Wildman–Crippen MR) is 114 cm³/mol. The summed E-state index contributed by atoms with van der Waals surface area (Å²) in [7, 11) is -1.93. The van der Waals surface area contributed by atoms with E-state index in [2.05, 4.69) is 17.3 Å². The molecular weight excluding hydrogens is 407 g/mol. The van der Waals surface area contributed by atoms with Crippen LogP contribution in [0.25, 0.3) is 16.8 Å². The molecule has 3 heterocycles. The number of aromatic nitrogens is 2.